The van der Waals surface area contributed by atoms with Crippen molar-refractivity contribution in [3.63, 3.8) is 0 Å². The van der Waals surface area contributed by atoms with Gasteiger partial charge in [-0.1, -0.05) is 17.8 Å². The number of anilines is 1. The van der Waals surface area contributed by atoms with Crippen LogP contribution in [-0.2, 0) is 11.3 Å². The van der Waals surface area contributed by atoms with Crippen molar-refractivity contribution in [1.29, 1.82) is 0 Å². The molecule has 0 unspecified atom stereocenters. The normalized spacial score (nSPS) is 16.8. The van der Waals surface area contributed by atoms with Crippen LogP contribution >= 0.6 is 11.8 Å². The highest BCUT2D eigenvalue weighted by Gasteiger charge is 2.22. The molecule has 0 bridgehead atoms. The predicted molar refractivity (Wildman–Crippen MR) is 106 cm³/mol. The fourth-order valence-corrected chi connectivity index (χ4v) is 3.74. The maximum atomic E-state index is 13.2. The number of nitrogens with zero attached hydrogens (tertiary/aromatic N) is 3. The molecule has 2 aromatic rings. The quantitative estimate of drug-likeness (QED) is 0.560. The van der Waals surface area contributed by atoms with Gasteiger partial charge in [-0.3, -0.25) is 4.79 Å². The molecule has 1 amide bonds. The van der Waals surface area contributed by atoms with Crippen molar-refractivity contribution < 1.29 is 13.6 Å². The summed E-state index contributed by atoms with van der Waals surface area (Å²) >= 11 is 1.52. The summed E-state index contributed by atoms with van der Waals surface area (Å²) in [5.74, 6) is -0.496. The van der Waals surface area contributed by atoms with E-state index in [1.807, 2.05) is 12.3 Å². The molecule has 2 heterocycles. The van der Waals surface area contributed by atoms with Gasteiger partial charge < -0.3 is 10.2 Å². The van der Waals surface area contributed by atoms with E-state index >= 15 is 0 Å². The van der Waals surface area contributed by atoms with Crippen LogP contribution in [0.25, 0.3) is 0 Å². The van der Waals surface area contributed by atoms with Crippen LogP contribution in [0.1, 0.15) is 31.2 Å². The average molecular weight is 407 g/mol. The molecule has 28 heavy (non-hydrogen) atoms. The first-order chi connectivity index (χ1) is 13.5. The second kappa shape index (κ2) is 9.82. The first-order valence-corrected chi connectivity index (χ1v) is 10.6. The molecule has 1 aliphatic rings. The number of nitrogens with one attached hydrogen (secondary N) is 1. The number of piperidine rings is 1. The third-order valence-corrected chi connectivity index (χ3v) is 5.46. The van der Waals surface area contributed by atoms with Crippen LogP contribution in [-0.4, -0.2) is 35.2 Å². The lowest BCUT2D eigenvalue weighted by molar-refractivity contribution is -0.121. The number of aromatic nitrogens is 2. The van der Waals surface area contributed by atoms with Crippen molar-refractivity contribution in [2.45, 2.75) is 37.4 Å². The standard InChI is InChI=1S/C20H24F2N4OS/c1-28-20-23-9-8-18(25-20)26-10-2-3-14(13-26)5-7-19(27)24-12-15-4-6-16(21)17(22)11-15/h4,6,8-9,11,14H,2-3,5,7,10,12-13H2,1H3,(H,24,27)/t14-/m0/s1. The number of benzene rings is 1. The van der Waals surface area contributed by atoms with Gasteiger partial charge in [0.05, 0.1) is 0 Å². The van der Waals surface area contributed by atoms with E-state index < -0.39 is 11.6 Å². The van der Waals surface area contributed by atoms with Crippen LogP contribution in [0, 0.1) is 17.6 Å². The molecule has 1 atom stereocenters. The van der Waals surface area contributed by atoms with Crippen LogP contribution in [0.3, 0.4) is 0 Å². The van der Waals surface area contributed by atoms with Gasteiger partial charge >= 0.3 is 0 Å². The van der Waals surface area contributed by atoms with Crippen LogP contribution in [0.15, 0.2) is 35.6 Å². The number of amides is 1. The highest BCUT2D eigenvalue weighted by Crippen LogP contribution is 2.25. The van der Waals surface area contributed by atoms with Gasteiger partial charge in [0.2, 0.25) is 5.91 Å². The number of hydrogen-bond acceptors (Lipinski definition) is 5. The van der Waals surface area contributed by atoms with Crippen molar-refractivity contribution >= 4 is 23.5 Å². The molecule has 5 nitrogen and oxygen atoms in total. The third kappa shape index (κ3) is 5.64. The Balaban J connectivity index is 1.45. The third-order valence-electron chi connectivity index (χ3n) is 4.90. The highest BCUT2D eigenvalue weighted by atomic mass is 32.2. The Labute approximate surface area is 167 Å². The van der Waals surface area contributed by atoms with Gasteiger partial charge in [0.15, 0.2) is 16.8 Å². The van der Waals surface area contributed by atoms with E-state index in [2.05, 4.69) is 20.2 Å². The minimum atomic E-state index is -0.900. The minimum Gasteiger partial charge on any atom is -0.356 e. The molecule has 8 heteroatoms. The fraction of sp³-hybridized carbons (Fsp3) is 0.450. The summed E-state index contributed by atoms with van der Waals surface area (Å²) in [5.41, 5.74) is 0.546. The molecule has 150 valence electrons. The molecule has 1 N–H and O–H groups in total. The number of thioether (sulfide) groups is 1. The maximum absolute atomic E-state index is 13.2. The lowest BCUT2D eigenvalue weighted by Gasteiger charge is -2.33. The van der Waals surface area contributed by atoms with Crippen LogP contribution in [0.2, 0.25) is 0 Å². The Bertz CT molecular complexity index is 821. The minimum absolute atomic E-state index is 0.0754. The number of halogens is 2. The van der Waals surface area contributed by atoms with Crippen molar-refractivity contribution in [2.75, 3.05) is 24.2 Å². The largest absolute Gasteiger partial charge is 0.356 e. The molecule has 1 aromatic carbocycles. The molecule has 1 aliphatic heterocycles. The van der Waals surface area contributed by atoms with E-state index in [0.717, 1.165) is 55.5 Å². The van der Waals surface area contributed by atoms with Gasteiger partial charge in [-0.15, -0.1) is 0 Å². The maximum Gasteiger partial charge on any atom is 0.220 e. The Morgan fingerprint density at radius 1 is 1.32 bits per heavy atom. The van der Waals surface area contributed by atoms with Crippen molar-refractivity contribution in [3.05, 3.63) is 47.7 Å². The first-order valence-electron chi connectivity index (χ1n) is 9.37. The second-order valence-electron chi connectivity index (χ2n) is 6.92. The average Bonchev–Trinajstić information content (AvgIpc) is 2.73. The first kappa shape index (κ1) is 20.5. The smallest absolute Gasteiger partial charge is 0.220 e. The van der Waals surface area contributed by atoms with Crippen LogP contribution < -0.4 is 10.2 Å². The van der Waals surface area contributed by atoms with Gasteiger partial charge in [-0.05, 0) is 55.2 Å². The lowest BCUT2D eigenvalue weighted by atomic mass is 9.93. The molecular formula is C20H24F2N4OS. The molecule has 3 rings (SSSR count). The number of carbonyl (C=O) groups is 1. The number of rotatable bonds is 7. The van der Waals surface area contributed by atoms with Crippen molar-refractivity contribution in [2.24, 2.45) is 5.92 Å². The SMILES string of the molecule is CSc1nccc(N2CCC[C@@H](CCC(=O)NCc3ccc(F)c(F)c3)C2)n1. The molecule has 0 aliphatic carbocycles. The molecule has 0 saturated carbocycles. The summed E-state index contributed by atoms with van der Waals surface area (Å²) in [5, 5.41) is 3.54. The Morgan fingerprint density at radius 2 is 2.18 bits per heavy atom. The van der Waals surface area contributed by atoms with Gasteiger partial charge in [-0.25, -0.2) is 18.7 Å². The summed E-state index contributed by atoms with van der Waals surface area (Å²) in [4.78, 5) is 23.2. The summed E-state index contributed by atoms with van der Waals surface area (Å²) in [6, 6.07) is 5.58. The highest BCUT2D eigenvalue weighted by molar-refractivity contribution is 7.98. The van der Waals surface area contributed by atoms with E-state index in [1.165, 1.54) is 17.8 Å². The van der Waals surface area contributed by atoms with E-state index in [9.17, 15) is 13.6 Å². The summed E-state index contributed by atoms with van der Waals surface area (Å²) in [7, 11) is 0. The molecule has 1 aromatic heterocycles. The van der Waals surface area contributed by atoms with E-state index in [-0.39, 0.29) is 12.5 Å². The van der Waals surface area contributed by atoms with E-state index in [0.29, 0.717) is 17.9 Å². The molecule has 0 radical (unpaired) electrons. The Hall–Kier alpha value is -2.22. The monoisotopic (exact) mass is 406 g/mol. The summed E-state index contributed by atoms with van der Waals surface area (Å²) in [6.45, 7) is 2.04. The summed E-state index contributed by atoms with van der Waals surface area (Å²) < 4.78 is 26.2. The second-order valence-corrected chi connectivity index (χ2v) is 7.69. The molecular weight excluding hydrogens is 382 g/mol. The van der Waals surface area contributed by atoms with Gasteiger partial charge in [0, 0.05) is 32.3 Å². The van der Waals surface area contributed by atoms with Gasteiger partial charge in [0.25, 0.3) is 0 Å². The van der Waals surface area contributed by atoms with E-state index in [1.54, 1.807) is 6.20 Å². The zero-order valence-electron chi connectivity index (χ0n) is 15.8. The van der Waals surface area contributed by atoms with E-state index in [4.69, 9.17) is 0 Å². The Kier molecular flexibility index (Phi) is 7.19. The Morgan fingerprint density at radius 3 is 2.96 bits per heavy atom. The van der Waals surface area contributed by atoms with Gasteiger partial charge in [0.1, 0.15) is 5.82 Å². The summed E-state index contributed by atoms with van der Waals surface area (Å²) in [6.07, 6.45) is 7.11. The molecule has 1 fully saturated rings. The molecule has 0 spiro atoms. The topological polar surface area (TPSA) is 58.1 Å². The van der Waals surface area contributed by atoms with Crippen molar-refractivity contribution in [1.82, 2.24) is 15.3 Å². The number of hydrogen-bond donors (Lipinski definition) is 1. The lowest BCUT2D eigenvalue weighted by Crippen LogP contribution is -2.36. The number of carbonyl (C=O) groups excluding carboxylic acids is 1. The van der Waals surface area contributed by atoms with Crippen LogP contribution in [0.4, 0.5) is 14.6 Å². The zero-order chi connectivity index (χ0) is 19.9. The van der Waals surface area contributed by atoms with Crippen molar-refractivity contribution in [3.8, 4) is 0 Å². The van der Waals surface area contributed by atoms with Crippen LogP contribution in [0.5, 0.6) is 0 Å². The van der Waals surface area contributed by atoms with Gasteiger partial charge in [-0.2, -0.15) is 0 Å². The predicted octanol–water partition coefficient (Wildman–Crippen LogP) is 3.79. The molecule has 1 saturated heterocycles. The fourth-order valence-electron chi connectivity index (χ4n) is 3.39. The zero-order valence-corrected chi connectivity index (χ0v) is 16.6.